The Labute approximate surface area is 153 Å². The number of rotatable bonds is 2. The van der Waals surface area contributed by atoms with Crippen molar-refractivity contribution >= 4 is 23.5 Å². The molecule has 26 heavy (non-hydrogen) atoms. The average Bonchev–Trinajstić information content (AvgIpc) is 2.55. The highest BCUT2D eigenvalue weighted by atomic mass is 32.2. The predicted octanol–water partition coefficient (Wildman–Crippen LogP) is 5.45. The molecule has 1 saturated heterocycles. The average molecular weight is 378 g/mol. The first kappa shape index (κ1) is 18.4. The minimum absolute atomic E-state index is 0.00973. The summed E-state index contributed by atoms with van der Waals surface area (Å²) in [5.74, 6) is 0. The van der Waals surface area contributed by atoms with E-state index in [-0.39, 0.29) is 10.6 Å². The molecule has 1 heterocycles. The van der Waals surface area contributed by atoms with E-state index in [1.807, 2.05) is 6.92 Å². The number of carbonyl (C=O) groups excluding carboxylic acids is 1. The van der Waals surface area contributed by atoms with E-state index in [1.165, 1.54) is 12.1 Å². The van der Waals surface area contributed by atoms with E-state index < -0.39 is 17.1 Å². The maximum absolute atomic E-state index is 14.0. The molecule has 1 fully saturated rings. The Kier molecular flexibility index (Phi) is 4.52. The monoisotopic (exact) mass is 378 g/mol. The second kappa shape index (κ2) is 6.39. The number of urea groups is 1. The van der Waals surface area contributed by atoms with Crippen LogP contribution in [0.25, 0.3) is 0 Å². The van der Waals surface area contributed by atoms with Gasteiger partial charge in [0.2, 0.25) is 4.87 Å². The van der Waals surface area contributed by atoms with Gasteiger partial charge in [0.05, 0.1) is 10.7 Å². The molecule has 2 aromatic rings. The smallest absolute Gasteiger partial charge is 0.311 e. The molecular formula is C19H17F3N2OS. The van der Waals surface area contributed by atoms with Crippen LogP contribution in [0.5, 0.6) is 0 Å². The number of amides is 2. The van der Waals surface area contributed by atoms with Crippen LogP contribution < -0.4 is 10.2 Å². The highest BCUT2D eigenvalue weighted by Gasteiger charge is 2.61. The van der Waals surface area contributed by atoms with E-state index in [0.29, 0.717) is 17.4 Å². The highest BCUT2D eigenvalue weighted by Crippen LogP contribution is 2.53. The maximum Gasteiger partial charge on any atom is 0.425 e. The van der Waals surface area contributed by atoms with Crippen molar-refractivity contribution in [3.8, 4) is 0 Å². The van der Waals surface area contributed by atoms with Gasteiger partial charge in [0.25, 0.3) is 0 Å². The van der Waals surface area contributed by atoms with Crippen molar-refractivity contribution in [2.24, 2.45) is 0 Å². The molecule has 0 aliphatic carbocycles. The standard InChI is InChI=1S/C19H17F3N2OS/c1-12-4-8-15(9-5-12)18(19(20,21)22)23-17(25)24(14(3)26-18)16-10-6-13(2)7-11-16/h4-11H,3H2,1-2H3,(H,23,25). The van der Waals surface area contributed by atoms with Gasteiger partial charge in [0.15, 0.2) is 0 Å². The first-order valence-corrected chi connectivity index (χ1v) is 8.66. The number of halogens is 3. The fourth-order valence-electron chi connectivity index (χ4n) is 2.73. The number of benzene rings is 2. The summed E-state index contributed by atoms with van der Waals surface area (Å²) in [5.41, 5.74) is 2.23. The molecule has 2 aromatic carbocycles. The van der Waals surface area contributed by atoms with Crippen molar-refractivity contribution in [1.82, 2.24) is 5.32 Å². The molecule has 3 rings (SSSR count). The molecule has 0 bridgehead atoms. The largest absolute Gasteiger partial charge is 0.425 e. The molecule has 1 aliphatic rings. The predicted molar refractivity (Wildman–Crippen MR) is 97.8 cm³/mol. The molecule has 2 amide bonds. The van der Waals surface area contributed by atoms with Gasteiger partial charge in [-0.3, -0.25) is 4.90 Å². The van der Waals surface area contributed by atoms with E-state index in [0.717, 1.165) is 16.0 Å². The third kappa shape index (κ3) is 3.07. The van der Waals surface area contributed by atoms with Crippen molar-refractivity contribution in [3.05, 3.63) is 76.8 Å². The minimum Gasteiger partial charge on any atom is -0.311 e. The van der Waals surface area contributed by atoms with Gasteiger partial charge in [-0.25, -0.2) is 4.79 Å². The molecule has 1 N–H and O–H groups in total. The zero-order valence-corrected chi connectivity index (χ0v) is 15.0. The van der Waals surface area contributed by atoms with Crippen molar-refractivity contribution in [3.63, 3.8) is 0 Å². The topological polar surface area (TPSA) is 32.3 Å². The lowest BCUT2D eigenvalue weighted by atomic mass is 10.0. The molecule has 1 atom stereocenters. The second-order valence-electron chi connectivity index (χ2n) is 6.14. The Morgan fingerprint density at radius 2 is 1.50 bits per heavy atom. The normalized spacial score (nSPS) is 20.9. The summed E-state index contributed by atoms with van der Waals surface area (Å²) in [4.78, 5) is 11.2. The number of anilines is 1. The molecule has 1 unspecified atom stereocenters. The van der Waals surface area contributed by atoms with Gasteiger partial charge in [-0.1, -0.05) is 65.9 Å². The molecular weight excluding hydrogens is 361 g/mol. The molecule has 1 aliphatic heterocycles. The zero-order chi connectivity index (χ0) is 19.1. The van der Waals surface area contributed by atoms with Crippen molar-refractivity contribution in [2.75, 3.05) is 4.90 Å². The second-order valence-corrected chi connectivity index (χ2v) is 7.43. The fraction of sp³-hybridized carbons (Fsp3) is 0.211. The Balaban J connectivity index is 2.03. The van der Waals surface area contributed by atoms with Crippen LogP contribution in [0.15, 0.2) is 60.1 Å². The van der Waals surface area contributed by atoms with Crippen LogP contribution in [0.2, 0.25) is 0 Å². The van der Waals surface area contributed by atoms with Crippen molar-refractivity contribution < 1.29 is 18.0 Å². The molecule has 7 heteroatoms. The van der Waals surface area contributed by atoms with Gasteiger partial charge in [-0.2, -0.15) is 13.2 Å². The van der Waals surface area contributed by atoms with E-state index in [1.54, 1.807) is 43.3 Å². The molecule has 0 radical (unpaired) electrons. The maximum atomic E-state index is 14.0. The van der Waals surface area contributed by atoms with Gasteiger partial charge in [-0.15, -0.1) is 0 Å². The lowest BCUT2D eigenvalue weighted by Crippen LogP contribution is -2.60. The Bertz CT molecular complexity index is 827. The highest BCUT2D eigenvalue weighted by molar-refractivity contribution is 8.04. The van der Waals surface area contributed by atoms with Crippen LogP contribution in [-0.4, -0.2) is 12.2 Å². The van der Waals surface area contributed by atoms with Crippen LogP contribution in [0.3, 0.4) is 0 Å². The third-order valence-corrected chi connectivity index (χ3v) is 5.45. The molecule has 0 spiro atoms. The summed E-state index contributed by atoms with van der Waals surface area (Å²) in [6, 6.07) is 12.0. The number of alkyl halides is 3. The summed E-state index contributed by atoms with van der Waals surface area (Å²) in [5, 5.41) is 2.17. The molecule has 3 nitrogen and oxygen atoms in total. The molecule has 0 aromatic heterocycles. The summed E-state index contributed by atoms with van der Waals surface area (Å²) in [6.45, 7) is 7.40. The lowest BCUT2D eigenvalue weighted by molar-refractivity contribution is -0.167. The number of hydrogen-bond donors (Lipinski definition) is 1. The van der Waals surface area contributed by atoms with Crippen LogP contribution in [-0.2, 0) is 4.87 Å². The van der Waals surface area contributed by atoms with Crippen molar-refractivity contribution in [1.29, 1.82) is 0 Å². The van der Waals surface area contributed by atoms with Crippen LogP contribution >= 0.6 is 11.8 Å². The van der Waals surface area contributed by atoms with Gasteiger partial charge in [-0.05, 0) is 31.5 Å². The van der Waals surface area contributed by atoms with Crippen molar-refractivity contribution in [2.45, 2.75) is 24.9 Å². The first-order valence-electron chi connectivity index (χ1n) is 7.85. The Morgan fingerprint density at radius 1 is 1.00 bits per heavy atom. The molecule has 0 saturated carbocycles. The first-order chi connectivity index (χ1) is 12.1. The summed E-state index contributed by atoms with van der Waals surface area (Å²) in [7, 11) is 0. The van der Waals surface area contributed by atoms with Crippen LogP contribution in [0.1, 0.15) is 16.7 Å². The van der Waals surface area contributed by atoms with Crippen LogP contribution in [0.4, 0.5) is 23.7 Å². The van der Waals surface area contributed by atoms with E-state index in [9.17, 15) is 18.0 Å². The lowest BCUT2D eigenvalue weighted by Gasteiger charge is -2.43. The van der Waals surface area contributed by atoms with Crippen LogP contribution in [0, 0.1) is 13.8 Å². The fourth-order valence-corrected chi connectivity index (χ4v) is 3.88. The number of hydrogen-bond acceptors (Lipinski definition) is 2. The van der Waals surface area contributed by atoms with E-state index >= 15 is 0 Å². The zero-order valence-electron chi connectivity index (χ0n) is 14.2. The summed E-state index contributed by atoms with van der Waals surface area (Å²) < 4.78 is 42.0. The molecule has 136 valence electrons. The Hall–Kier alpha value is -2.41. The van der Waals surface area contributed by atoms with Gasteiger partial charge >= 0.3 is 12.2 Å². The SMILES string of the molecule is C=C1SC(c2ccc(C)cc2)(C(F)(F)F)NC(=O)N1c1ccc(C)cc1. The summed E-state index contributed by atoms with van der Waals surface area (Å²) >= 11 is 0.485. The summed E-state index contributed by atoms with van der Waals surface area (Å²) in [6.07, 6.45) is -4.70. The van der Waals surface area contributed by atoms with E-state index in [4.69, 9.17) is 0 Å². The number of aryl methyl sites for hydroxylation is 2. The third-order valence-electron chi connectivity index (χ3n) is 4.16. The number of nitrogens with one attached hydrogen (secondary N) is 1. The van der Waals surface area contributed by atoms with Gasteiger partial charge in [0, 0.05) is 0 Å². The Morgan fingerprint density at radius 3 is 1.96 bits per heavy atom. The number of thioether (sulfide) groups is 1. The number of nitrogens with zero attached hydrogens (tertiary/aromatic N) is 1. The van der Waals surface area contributed by atoms with Gasteiger partial charge < -0.3 is 5.32 Å². The van der Waals surface area contributed by atoms with Gasteiger partial charge in [0.1, 0.15) is 0 Å². The van der Waals surface area contributed by atoms with E-state index in [2.05, 4.69) is 11.9 Å². The minimum atomic E-state index is -4.70. The number of carbonyl (C=O) groups is 1. The quantitative estimate of drug-likeness (QED) is 0.753.